The standard InChI is InChI=1S/C12H21F2N5O/c1-11(2,3)19-5-4-18(6-12(13,14)7-19)10(20)17-9-16-8-15/h8-9H,4-7H2,1-3H3,(H2,15,16,17,20). The second-order valence-electron chi connectivity index (χ2n) is 5.73. The SMILES string of the molecule is CC(C)(C)N1CCN(C(=O)NC=NC=N)CC(F)(F)C1. The molecule has 1 aliphatic heterocycles. The minimum atomic E-state index is -2.96. The van der Waals surface area contributed by atoms with Crippen LogP contribution in [0.2, 0.25) is 0 Å². The minimum absolute atomic E-state index is 0.219. The number of halogens is 2. The van der Waals surface area contributed by atoms with E-state index in [0.717, 1.165) is 17.6 Å². The van der Waals surface area contributed by atoms with E-state index in [1.54, 1.807) is 4.90 Å². The molecular formula is C12H21F2N5O. The fourth-order valence-electron chi connectivity index (χ4n) is 1.97. The smallest absolute Gasteiger partial charge is 0.317 e. The van der Waals surface area contributed by atoms with Gasteiger partial charge in [-0.05, 0) is 20.8 Å². The molecule has 0 aromatic carbocycles. The van der Waals surface area contributed by atoms with E-state index in [9.17, 15) is 13.6 Å². The number of carbonyl (C=O) groups is 1. The highest BCUT2D eigenvalue weighted by atomic mass is 19.3. The highest BCUT2D eigenvalue weighted by molar-refractivity contribution is 5.88. The topological polar surface area (TPSA) is 71.8 Å². The van der Waals surface area contributed by atoms with Crippen molar-refractivity contribution in [3.8, 4) is 0 Å². The summed E-state index contributed by atoms with van der Waals surface area (Å²) in [5, 5.41) is 8.93. The van der Waals surface area contributed by atoms with Gasteiger partial charge in [-0.3, -0.25) is 15.6 Å². The molecule has 0 aliphatic carbocycles. The summed E-state index contributed by atoms with van der Waals surface area (Å²) in [5.41, 5.74) is -0.377. The van der Waals surface area contributed by atoms with E-state index in [1.807, 2.05) is 20.8 Å². The second kappa shape index (κ2) is 6.25. The maximum absolute atomic E-state index is 13.9. The molecule has 0 aromatic heterocycles. The van der Waals surface area contributed by atoms with Gasteiger partial charge in [-0.25, -0.2) is 18.6 Å². The second-order valence-corrected chi connectivity index (χ2v) is 5.73. The van der Waals surface area contributed by atoms with Crippen LogP contribution in [0.25, 0.3) is 0 Å². The van der Waals surface area contributed by atoms with E-state index in [-0.39, 0.29) is 18.6 Å². The monoisotopic (exact) mass is 289 g/mol. The van der Waals surface area contributed by atoms with Crippen LogP contribution in [0.5, 0.6) is 0 Å². The van der Waals surface area contributed by atoms with Crippen LogP contribution in [0.4, 0.5) is 13.6 Å². The van der Waals surface area contributed by atoms with Gasteiger partial charge in [0.05, 0.1) is 19.4 Å². The molecule has 1 saturated heterocycles. The summed E-state index contributed by atoms with van der Waals surface area (Å²) < 4.78 is 27.8. The molecule has 2 N–H and O–H groups in total. The van der Waals surface area contributed by atoms with Gasteiger partial charge in [-0.15, -0.1) is 0 Å². The van der Waals surface area contributed by atoms with Crippen molar-refractivity contribution < 1.29 is 13.6 Å². The van der Waals surface area contributed by atoms with Crippen LogP contribution in [0.15, 0.2) is 4.99 Å². The van der Waals surface area contributed by atoms with Gasteiger partial charge in [-0.1, -0.05) is 0 Å². The zero-order valence-corrected chi connectivity index (χ0v) is 12.0. The van der Waals surface area contributed by atoms with Crippen molar-refractivity contribution >= 4 is 18.7 Å². The van der Waals surface area contributed by atoms with Crippen LogP contribution in [-0.2, 0) is 0 Å². The summed E-state index contributed by atoms with van der Waals surface area (Å²) >= 11 is 0. The Kier molecular flexibility index (Phi) is 5.15. The summed E-state index contributed by atoms with van der Waals surface area (Å²) in [5.74, 6) is -2.96. The summed E-state index contributed by atoms with van der Waals surface area (Å²) in [6.07, 6.45) is 1.76. The van der Waals surface area contributed by atoms with Crippen LogP contribution in [0.1, 0.15) is 20.8 Å². The van der Waals surface area contributed by atoms with Crippen molar-refractivity contribution in [2.24, 2.45) is 4.99 Å². The summed E-state index contributed by atoms with van der Waals surface area (Å²) in [6, 6.07) is -0.633. The number of urea groups is 1. The van der Waals surface area contributed by atoms with Crippen LogP contribution < -0.4 is 5.32 Å². The Morgan fingerprint density at radius 3 is 2.55 bits per heavy atom. The van der Waals surface area contributed by atoms with Crippen molar-refractivity contribution in [2.45, 2.75) is 32.2 Å². The molecule has 1 heterocycles. The average Bonchev–Trinajstić information content (AvgIpc) is 2.47. The van der Waals surface area contributed by atoms with Gasteiger partial charge in [-0.2, -0.15) is 0 Å². The lowest BCUT2D eigenvalue weighted by molar-refractivity contribution is -0.0474. The van der Waals surface area contributed by atoms with Crippen molar-refractivity contribution in [1.29, 1.82) is 5.41 Å². The molecule has 8 heteroatoms. The number of hydrogen-bond donors (Lipinski definition) is 2. The van der Waals surface area contributed by atoms with E-state index in [1.165, 1.54) is 0 Å². The maximum Gasteiger partial charge on any atom is 0.322 e. The molecule has 20 heavy (non-hydrogen) atoms. The van der Waals surface area contributed by atoms with E-state index in [4.69, 9.17) is 5.41 Å². The van der Waals surface area contributed by atoms with Gasteiger partial charge in [0.1, 0.15) is 6.34 Å². The molecule has 0 radical (unpaired) electrons. The number of nitrogens with zero attached hydrogens (tertiary/aromatic N) is 3. The van der Waals surface area contributed by atoms with Crippen LogP contribution in [-0.4, -0.2) is 66.1 Å². The quantitative estimate of drug-likeness (QED) is 0.595. The Morgan fingerprint density at radius 1 is 1.35 bits per heavy atom. The zero-order valence-electron chi connectivity index (χ0n) is 12.0. The van der Waals surface area contributed by atoms with E-state index >= 15 is 0 Å². The zero-order chi connectivity index (χ0) is 15.4. The highest BCUT2D eigenvalue weighted by Gasteiger charge is 2.41. The number of carbonyl (C=O) groups excluding carboxylic acids is 1. The number of aliphatic imine (C=N–C) groups is 1. The molecule has 2 amide bonds. The minimum Gasteiger partial charge on any atom is -0.317 e. The summed E-state index contributed by atoms with van der Waals surface area (Å²) in [6.45, 7) is 5.23. The van der Waals surface area contributed by atoms with Gasteiger partial charge in [0.25, 0.3) is 5.92 Å². The number of rotatable bonds is 2. The molecule has 0 bridgehead atoms. The van der Waals surface area contributed by atoms with Gasteiger partial charge in [0.2, 0.25) is 0 Å². The Bertz CT molecular complexity index is 392. The van der Waals surface area contributed by atoms with Crippen LogP contribution in [0.3, 0.4) is 0 Å². The third-order valence-electron chi connectivity index (χ3n) is 3.06. The van der Waals surface area contributed by atoms with Crippen molar-refractivity contribution in [1.82, 2.24) is 15.1 Å². The van der Waals surface area contributed by atoms with Gasteiger partial charge in [0.15, 0.2) is 0 Å². The van der Waals surface area contributed by atoms with E-state index < -0.39 is 18.5 Å². The molecule has 1 fully saturated rings. The van der Waals surface area contributed by atoms with Crippen molar-refractivity contribution in [2.75, 3.05) is 26.2 Å². The first-order valence-corrected chi connectivity index (χ1v) is 6.35. The molecule has 0 saturated carbocycles. The molecule has 0 unspecified atom stereocenters. The largest absolute Gasteiger partial charge is 0.322 e. The van der Waals surface area contributed by atoms with Crippen molar-refractivity contribution in [3.05, 3.63) is 0 Å². The molecule has 1 aliphatic rings. The van der Waals surface area contributed by atoms with Gasteiger partial charge < -0.3 is 4.90 Å². The Hall–Kier alpha value is -1.57. The molecule has 1 rings (SSSR count). The summed E-state index contributed by atoms with van der Waals surface area (Å²) in [4.78, 5) is 17.9. The van der Waals surface area contributed by atoms with E-state index in [0.29, 0.717) is 6.54 Å². The normalized spacial score (nSPS) is 20.8. The van der Waals surface area contributed by atoms with Gasteiger partial charge in [0, 0.05) is 18.6 Å². The maximum atomic E-state index is 13.9. The molecular weight excluding hydrogens is 268 g/mol. The molecule has 0 spiro atoms. The number of amides is 2. The lowest BCUT2D eigenvalue weighted by atomic mass is 10.1. The third-order valence-corrected chi connectivity index (χ3v) is 3.06. The number of alkyl halides is 2. The van der Waals surface area contributed by atoms with Gasteiger partial charge >= 0.3 is 6.03 Å². The highest BCUT2D eigenvalue weighted by Crippen LogP contribution is 2.25. The fraction of sp³-hybridized carbons (Fsp3) is 0.750. The predicted octanol–water partition coefficient (Wildman–Crippen LogP) is 1.38. The Morgan fingerprint density at radius 2 is 2.00 bits per heavy atom. The first-order valence-electron chi connectivity index (χ1n) is 6.35. The van der Waals surface area contributed by atoms with Crippen LogP contribution >= 0.6 is 0 Å². The number of hydrogen-bond acceptors (Lipinski definition) is 3. The Balaban J connectivity index is 2.75. The molecule has 0 aromatic rings. The Labute approximate surface area is 117 Å². The first kappa shape index (κ1) is 16.5. The predicted molar refractivity (Wildman–Crippen MR) is 73.7 cm³/mol. The first-order chi connectivity index (χ1) is 9.15. The fourth-order valence-corrected chi connectivity index (χ4v) is 1.97. The molecule has 6 nitrogen and oxygen atoms in total. The van der Waals surface area contributed by atoms with Crippen LogP contribution in [0, 0.1) is 5.41 Å². The van der Waals surface area contributed by atoms with E-state index in [2.05, 4.69) is 10.3 Å². The molecule has 114 valence electrons. The third kappa shape index (κ3) is 4.84. The molecule has 0 atom stereocenters. The van der Waals surface area contributed by atoms with Crippen molar-refractivity contribution in [3.63, 3.8) is 0 Å². The lowest BCUT2D eigenvalue weighted by Gasteiger charge is -2.35. The summed E-state index contributed by atoms with van der Waals surface area (Å²) in [7, 11) is 0. The average molecular weight is 289 g/mol. The lowest BCUT2D eigenvalue weighted by Crippen LogP contribution is -2.48. The number of nitrogens with one attached hydrogen (secondary N) is 2.